The molecule has 1 aromatic carbocycles. The summed E-state index contributed by atoms with van der Waals surface area (Å²) in [6.07, 6.45) is 3.91. The van der Waals surface area contributed by atoms with Crippen molar-refractivity contribution in [3.63, 3.8) is 0 Å². The van der Waals surface area contributed by atoms with Crippen LogP contribution in [0.1, 0.15) is 29.4 Å². The first-order valence-corrected chi connectivity index (χ1v) is 8.94. The second-order valence-electron chi connectivity index (χ2n) is 7.26. The monoisotopic (exact) mass is 337 g/mol. The molecule has 3 nitrogen and oxygen atoms in total. The van der Waals surface area contributed by atoms with Gasteiger partial charge < -0.3 is 4.57 Å². The number of rotatable bonds is 3. The maximum atomic E-state index is 13.8. The fourth-order valence-corrected chi connectivity index (χ4v) is 3.84. The van der Waals surface area contributed by atoms with Crippen molar-refractivity contribution in [1.29, 1.82) is 0 Å². The Kier molecular flexibility index (Phi) is 4.08. The summed E-state index contributed by atoms with van der Waals surface area (Å²) in [4.78, 5) is 6.75. The van der Waals surface area contributed by atoms with Gasteiger partial charge in [-0.15, -0.1) is 0 Å². The van der Waals surface area contributed by atoms with Crippen molar-refractivity contribution in [1.82, 2.24) is 14.5 Å². The fraction of sp³-hybridized carbons (Fsp3) is 0.381. The Bertz CT molecular complexity index is 911. The normalized spacial score (nSPS) is 17.8. The summed E-state index contributed by atoms with van der Waals surface area (Å²) in [6.45, 7) is 6.05. The largest absolute Gasteiger partial charge is 0.344 e. The molecule has 4 rings (SSSR count). The Morgan fingerprint density at radius 2 is 2.08 bits per heavy atom. The van der Waals surface area contributed by atoms with Gasteiger partial charge in [0.1, 0.15) is 5.82 Å². The van der Waals surface area contributed by atoms with Crippen molar-refractivity contribution in [3.8, 4) is 0 Å². The first-order chi connectivity index (χ1) is 12.0. The number of aryl methyl sites for hydroxylation is 3. The van der Waals surface area contributed by atoms with E-state index in [1.807, 2.05) is 19.2 Å². The van der Waals surface area contributed by atoms with Gasteiger partial charge in [0.15, 0.2) is 0 Å². The molecular weight excluding hydrogens is 313 g/mol. The maximum absolute atomic E-state index is 13.8. The van der Waals surface area contributed by atoms with Crippen LogP contribution < -0.4 is 0 Å². The number of likely N-dealkylation sites (N-methyl/N-ethyl adjacent to an activating group) is 1. The van der Waals surface area contributed by atoms with E-state index >= 15 is 0 Å². The summed E-state index contributed by atoms with van der Waals surface area (Å²) < 4.78 is 16.2. The van der Waals surface area contributed by atoms with E-state index in [1.54, 1.807) is 12.1 Å². The summed E-state index contributed by atoms with van der Waals surface area (Å²) in [5.41, 5.74) is 6.08. The van der Waals surface area contributed by atoms with Crippen LogP contribution in [0.3, 0.4) is 0 Å². The third-order valence-electron chi connectivity index (χ3n) is 5.49. The molecular formula is C21H24FN3. The van der Waals surface area contributed by atoms with Crippen LogP contribution in [-0.2, 0) is 25.9 Å². The molecule has 0 N–H and O–H groups in total. The van der Waals surface area contributed by atoms with Gasteiger partial charge in [0.05, 0.1) is 0 Å². The number of fused-ring (bicyclic) bond motifs is 3. The molecule has 0 aliphatic carbocycles. The van der Waals surface area contributed by atoms with Crippen LogP contribution in [0.25, 0.3) is 10.9 Å². The highest BCUT2D eigenvalue weighted by Crippen LogP contribution is 2.33. The van der Waals surface area contributed by atoms with E-state index in [2.05, 4.69) is 40.6 Å². The third-order valence-corrected chi connectivity index (χ3v) is 5.49. The lowest BCUT2D eigenvalue weighted by Gasteiger charge is -2.31. The van der Waals surface area contributed by atoms with Gasteiger partial charge in [-0.25, -0.2) is 4.39 Å². The fourth-order valence-electron chi connectivity index (χ4n) is 3.84. The van der Waals surface area contributed by atoms with Crippen molar-refractivity contribution >= 4 is 10.9 Å². The zero-order valence-electron chi connectivity index (χ0n) is 15.1. The van der Waals surface area contributed by atoms with Crippen molar-refractivity contribution in [3.05, 3.63) is 64.9 Å². The topological polar surface area (TPSA) is 21.1 Å². The van der Waals surface area contributed by atoms with Crippen LogP contribution >= 0.6 is 0 Å². The van der Waals surface area contributed by atoms with Gasteiger partial charge in [-0.1, -0.05) is 6.07 Å². The number of benzene rings is 1. The second-order valence-corrected chi connectivity index (χ2v) is 7.26. The molecule has 0 radical (unpaired) electrons. The smallest absolute Gasteiger partial charge is 0.123 e. The summed E-state index contributed by atoms with van der Waals surface area (Å²) >= 11 is 0. The highest BCUT2D eigenvalue weighted by atomic mass is 19.1. The first kappa shape index (κ1) is 16.3. The Morgan fingerprint density at radius 3 is 2.84 bits per heavy atom. The second kappa shape index (κ2) is 6.26. The van der Waals surface area contributed by atoms with Crippen LogP contribution in [0.2, 0.25) is 0 Å². The van der Waals surface area contributed by atoms with E-state index in [4.69, 9.17) is 0 Å². The Balaban J connectivity index is 1.74. The Morgan fingerprint density at radius 1 is 1.24 bits per heavy atom. The number of nitrogens with zero attached hydrogens (tertiary/aromatic N) is 3. The van der Waals surface area contributed by atoms with Crippen LogP contribution in [0.5, 0.6) is 0 Å². The van der Waals surface area contributed by atoms with Gasteiger partial charge in [0.2, 0.25) is 0 Å². The van der Waals surface area contributed by atoms with Gasteiger partial charge in [-0.3, -0.25) is 9.88 Å². The van der Waals surface area contributed by atoms with Gasteiger partial charge in [0.25, 0.3) is 0 Å². The van der Waals surface area contributed by atoms with E-state index < -0.39 is 0 Å². The van der Waals surface area contributed by atoms with E-state index in [-0.39, 0.29) is 5.82 Å². The molecule has 1 aliphatic heterocycles. The molecule has 0 fully saturated rings. The average Bonchev–Trinajstić information content (AvgIpc) is 2.87. The quantitative estimate of drug-likeness (QED) is 0.717. The lowest BCUT2D eigenvalue weighted by Crippen LogP contribution is -2.35. The van der Waals surface area contributed by atoms with Crippen molar-refractivity contribution < 1.29 is 4.39 Å². The van der Waals surface area contributed by atoms with Gasteiger partial charge in [-0.05, 0) is 62.7 Å². The van der Waals surface area contributed by atoms with Gasteiger partial charge >= 0.3 is 0 Å². The molecule has 0 bridgehead atoms. The molecule has 130 valence electrons. The predicted octanol–water partition coefficient (Wildman–Crippen LogP) is 4.10. The molecule has 2 aromatic heterocycles. The number of aromatic nitrogens is 2. The van der Waals surface area contributed by atoms with Crippen molar-refractivity contribution in [2.75, 3.05) is 7.05 Å². The molecule has 3 aromatic rings. The lowest BCUT2D eigenvalue weighted by atomic mass is 10.00. The minimum Gasteiger partial charge on any atom is -0.344 e. The van der Waals surface area contributed by atoms with Crippen LogP contribution in [0, 0.1) is 12.7 Å². The Hall–Kier alpha value is -2.20. The zero-order chi connectivity index (χ0) is 17.6. The SMILES string of the molecule is Cc1ccc(CCn2c3c(c4cc(F)ccc42)CN(C)C(C)C3)cn1. The van der Waals surface area contributed by atoms with E-state index in [1.165, 1.54) is 16.8 Å². The predicted molar refractivity (Wildman–Crippen MR) is 99.2 cm³/mol. The number of halogens is 1. The van der Waals surface area contributed by atoms with E-state index in [9.17, 15) is 4.39 Å². The molecule has 1 unspecified atom stereocenters. The minimum absolute atomic E-state index is 0.156. The average molecular weight is 337 g/mol. The van der Waals surface area contributed by atoms with Crippen molar-refractivity contribution in [2.45, 2.75) is 45.8 Å². The maximum Gasteiger partial charge on any atom is 0.123 e. The standard InChI is InChI=1S/C21H24FN3/c1-14-4-5-16(12-23-14)8-9-25-20-7-6-17(22)11-18(20)19-13-24(3)15(2)10-21(19)25/h4-7,11-12,15H,8-10,13H2,1-3H3. The molecule has 1 aliphatic rings. The minimum atomic E-state index is -0.156. The lowest BCUT2D eigenvalue weighted by molar-refractivity contribution is 0.228. The van der Waals surface area contributed by atoms with Crippen LogP contribution in [0.15, 0.2) is 36.5 Å². The summed E-state index contributed by atoms with van der Waals surface area (Å²) in [5, 5.41) is 1.07. The van der Waals surface area contributed by atoms with Gasteiger partial charge in [0, 0.05) is 54.0 Å². The summed E-state index contributed by atoms with van der Waals surface area (Å²) in [7, 11) is 2.15. The number of pyridine rings is 1. The molecule has 25 heavy (non-hydrogen) atoms. The van der Waals surface area contributed by atoms with E-state index in [0.29, 0.717) is 6.04 Å². The molecule has 1 atom stereocenters. The zero-order valence-corrected chi connectivity index (χ0v) is 15.1. The van der Waals surface area contributed by atoms with E-state index in [0.717, 1.165) is 42.5 Å². The highest BCUT2D eigenvalue weighted by molar-refractivity contribution is 5.86. The van der Waals surface area contributed by atoms with Crippen molar-refractivity contribution in [2.24, 2.45) is 0 Å². The summed E-state index contributed by atoms with van der Waals surface area (Å²) in [5.74, 6) is -0.156. The number of hydrogen-bond donors (Lipinski definition) is 0. The highest BCUT2D eigenvalue weighted by Gasteiger charge is 2.26. The molecule has 0 amide bonds. The first-order valence-electron chi connectivity index (χ1n) is 8.94. The summed E-state index contributed by atoms with van der Waals surface area (Å²) in [6, 6.07) is 9.91. The molecule has 3 heterocycles. The van der Waals surface area contributed by atoms with Gasteiger partial charge in [-0.2, -0.15) is 0 Å². The molecule has 0 saturated carbocycles. The third kappa shape index (κ3) is 2.95. The molecule has 4 heteroatoms. The molecule has 0 saturated heterocycles. The number of hydrogen-bond acceptors (Lipinski definition) is 2. The van der Waals surface area contributed by atoms with Crippen LogP contribution in [0.4, 0.5) is 4.39 Å². The molecule has 0 spiro atoms. The Labute approximate surface area is 148 Å². The van der Waals surface area contributed by atoms with Crippen LogP contribution in [-0.4, -0.2) is 27.5 Å².